The standard InChI is InChI=1S/C22H19N3O2S/c1-2-25(19-14-8-12-16-9-6-7-13-18(16)19)20(26)15-28-22-24-23-21(27-22)17-10-4-3-5-11-17/h3-14H,2,15H2,1H3. The number of hydrogen-bond acceptors (Lipinski definition) is 5. The van der Waals surface area contributed by atoms with E-state index in [1.54, 1.807) is 4.90 Å². The van der Waals surface area contributed by atoms with E-state index in [0.29, 0.717) is 17.7 Å². The van der Waals surface area contributed by atoms with Crippen molar-refractivity contribution in [3.63, 3.8) is 0 Å². The zero-order valence-corrected chi connectivity index (χ0v) is 16.2. The maximum atomic E-state index is 12.9. The highest BCUT2D eigenvalue weighted by Crippen LogP contribution is 2.28. The number of anilines is 1. The number of aromatic nitrogens is 2. The average Bonchev–Trinajstić information content (AvgIpc) is 3.23. The minimum Gasteiger partial charge on any atom is -0.411 e. The monoisotopic (exact) mass is 389 g/mol. The summed E-state index contributed by atoms with van der Waals surface area (Å²) in [5.74, 6) is 0.688. The highest BCUT2D eigenvalue weighted by Gasteiger charge is 2.18. The van der Waals surface area contributed by atoms with Gasteiger partial charge >= 0.3 is 0 Å². The number of carbonyl (C=O) groups excluding carboxylic acids is 1. The van der Waals surface area contributed by atoms with Gasteiger partial charge in [-0.05, 0) is 30.5 Å². The molecule has 0 fully saturated rings. The topological polar surface area (TPSA) is 59.2 Å². The molecule has 0 aliphatic heterocycles. The minimum absolute atomic E-state index is 0.00307. The van der Waals surface area contributed by atoms with E-state index in [1.807, 2.05) is 67.6 Å². The summed E-state index contributed by atoms with van der Waals surface area (Å²) in [7, 11) is 0. The summed E-state index contributed by atoms with van der Waals surface area (Å²) in [6.45, 7) is 2.57. The van der Waals surface area contributed by atoms with Crippen LogP contribution in [0.15, 0.2) is 82.4 Å². The lowest BCUT2D eigenvalue weighted by Crippen LogP contribution is -2.32. The van der Waals surface area contributed by atoms with E-state index in [-0.39, 0.29) is 11.7 Å². The van der Waals surface area contributed by atoms with Gasteiger partial charge < -0.3 is 9.32 Å². The molecular formula is C22H19N3O2S. The summed E-state index contributed by atoms with van der Waals surface area (Å²) in [5, 5.41) is 10.7. The van der Waals surface area contributed by atoms with Gasteiger partial charge in [-0.15, -0.1) is 10.2 Å². The van der Waals surface area contributed by atoms with Crippen LogP contribution in [0, 0.1) is 0 Å². The molecular weight excluding hydrogens is 370 g/mol. The van der Waals surface area contributed by atoms with Gasteiger partial charge in [-0.25, -0.2) is 0 Å². The van der Waals surface area contributed by atoms with E-state index < -0.39 is 0 Å². The maximum absolute atomic E-state index is 12.9. The predicted octanol–water partition coefficient (Wildman–Crippen LogP) is 5.04. The van der Waals surface area contributed by atoms with Crippen LogP contribution in [0.2, 0.25) is 0 Å². The second kappa shape index (κ2) is 8.27. The van der Waals surface area contributed by atoms with Crippen molar-refractivity contribution in [1.82, 2.24) is 10.2 Å². The number of rotatable bonds is 6. The molecule has 0 bridgehead atoms. The molecule has 1 heterocycles. The molecule has 0 unspecified atom stereocenters. The first-order chi connectivity index (χ1) is 13.8. The molecule has 1 aromatic heterocycles. The summed E-state index contributed by atoms with van der Waals surface area (Å²) in [5.41, 5.74) is 1.78. The molecule has 0 atom stereocenters. The van der Waals surface area contributed by atoms with Crippen molar-refractivity contribution in [2.75, 3.05) is 17.2 Å². The Balaban J connectivity index is 1.49. The average molecular weight is 389 g/mol. The second-order valence-electron chi connectivity index (χ2n) is 6.16. The van der Waals surface area contributed by atoms with Crippen LogP contribution in [-0.4, -0.2) is 28.4 Å². The smallest absolute Gasteiger partial charge is 0.277 e. The molecule has 28 heavy (non-hydrogen) atoms. The zero-order valence-electron chi connectivity index (χ0n) is 15.4. The van der Waals surface area contributed by atoms with Crippen molar-refractivity contribution in [1.29, 1.82) is 0 Å². The maximum Gasteiger partial charge on any atom is 0.277 e. The summed E-state index contributed by atoms with van der Waals surface area (Å²) in [6.07, 6.45) is 0. The highest BCUT2D eigenvalue weighted by atomic mass is 32.2. The Hall–Kier alpha value is -3.12. The fraction of sp³-hybridized carbons (Fsp3) is 0.136. The van der Waals surface area contributed by atoms with E-state index in [4.69, 9.17) is 4.42 Å². The number of amides is 1. The molecule has 0 spiro atoms. The molecule has 0 aliphatic rings. The Morgan fingerprint density at radius 3 is 2.54 bits per heavy atom. The number of nitrogens with zero attached hydrogens (tertiary/aromatic N) is 3. The van der Waals surface area contributed by atoms with Crippen LogP contribution >= 0.6 is 11.8 Å². The molecule has 0 aliphatic carbocycles. The van der Waals surface area contributed by atoms with E-state index in [9.17, 15) is 4.79 Å². The van der Waals surface area contributed by atoms with E-state index >= 15 is 0 Å². The van der Waals surface area contributed by atoms with Gasteiger partial charge in [-0.2, -0.15) is 0 Å². The van der Waals surface area contributed by atoms with Gasteiger partial charge in [0.25, 0.3) is 5.22 Å². The SMILES string of the molecule is CCN(C(=O)CSc1nnc(-c2ccccc2)o1)c1cccc2ccccc12. The third-order valence-electron chi connectivity index (χ3n) is 4.42. The Labute approximate surface area is 167 Å². The van der Waals surface area contributed by atoms with Crippen molar-refractivity contribution in [2.45, 2.75) is 12.1 Å². The largest absolute Gasteiger partial charge is 0.411 e. The Kier molecular flexibility index (Phi) is 5.39. The minimum atomic E-state index is 0.00307. The molecule has 0 N–H and O–H groups in total. The van der Waals surface area contributed by atoms with Gasteiger partial charge in [-0.1, -0.05) is 66.4 Å². The van der Waals surface area contributed by atoms with Crippen LogP contribution in [-0.2, 0) is 4.79 Å². The number of hydrogen-bond donors (Lipinski definition) is 0. The first kappa shape index (κ1) is 18.3. The van der Waals surface area contributed by atoms with E-state index in [2.05, 4.69) is 22.3 Å². The lowest BCUT2D eigenvalue weighted by Gasteiger charge is -2.22. The second-order valence-corrected chi connectivity index (χ2v) is 7.09. The molecule has 140 valence electrons. The number of fused-ring (bicyclic) bond motifs is 1. The van der Waals surface area contributed by atoms with Crippen molar-refractivity contribution in [2.24, 2.45) is 0 Å². The van der Waals surface area contributed by atoms with Crippen molar-refractivity contribution >= 4 is 34.1 Å². The molecule has 4 rings (SSSR count). The van der Waals surface area contributed by atoms with Crippen molar-refractivity contribution in [3.8, 4) is 11.5 Å². The summed E-state index contributed by atoms with van der Waals surface area (Å²) < 4.78 is 5.68. The van der Waals surface area contributed by atoms with Crippen LogP contribution in [0.25, 0.3) is 22.2 Å². The molecule has 4 aromatic rings. The first-order valence-corrected chi connectivity index (χ1v) is 10.0. The molecule has 1 amide bonds. The molecule has 0 saturated carbocycles. The number of carbonyl (C=O) groups is 1. The van der Waals surface area contributed by atoms with Crippen LogP contribution in [0.4, 0.5) is 5.69 Å². The summed E-state index contributed by atoms with van der Waals surface area (Å²) >= 11 is 1.26. The van der Waals surface area contributed by atoms with Crippen LogP contribution in [0.1, 0.15) is 6.92 Å². The van der Waals surface area contributed by atoms with Gasteiger partial charge in [-0.3, -0.25) is 4.79 Å². The van der Waals surface area contributed by atoms with Gasteiger partial charge in [0.1, 0.15) is 0 Å². The molecule has 0 radical (unpaired) electrons. The van der Waals surface area contributed by atoms with E-state index in [0.717, 1.165) is 22.0 Å². The Morgan fingerprint density at radius 1 is 0.964 bits per heavy atom. The third-order valence-corrected chi connectivity index (χ3v) is 5.22. The number of thioether (sulfide) groups is 1. The molecule has 0 saturated heterocycles. The molecule has 5 nitrogen and oxygen atoms in total. The van der Waals surface area contributed by atoms with Crippen LogP contribution in [0.3, 0.4) is 0 Å². The summed E-state index contributed by atoms with van der Waals surface area (Å²) in [6, 6.07) is 23.7. The zero-order chi connectivity index (χ0) is 19.3. The summed E-state index contributed by atoms with van der Waals surface area (Å²) in [4.78, 5) is 14.7. The molecule has 3 aromatic carbocycles. The Bertz CT molecular complexity index is 1090. The van der Waals surface area contributed by atoms with Gasteiger partial charge in [0.15, 0.2) is 0 Å². The van der Waals surface area contributed by atoms with Crippen LogP contribution < -0.4 is 4.90 Å². The lowest BCUT2D eigenvalue weighted by atomic mass is 10.1. The van der Waals surface area contributed by atoms with Gasteiger partial charge in [0.2, 0.25) is 11.8 Å². The highest BCUT2D eigenvalue weighted by molar-refractivity contribution is 7.99. The van der Waals surface area contributed by atoms with Crippen molar-refractivity contribution in [3.05, 3.63) is 72.8 Å². The lowest BCUT2D eigenvalue weighted by molar-refractivity contribution is -0.116. The fourth-order valence-corrected chi connectivity index (χ4v) is 3.73. The van der Waals surface area contributed by atoms with Gasteiger partial charge in [0, 0.05) is 17.5 Å². The van der Waals surface area contributed by atoms with E-state index in [1.165, 1.54) is 11.8 Å². The molecule has 6 heteroatoms. The number of benzene rings is 3. The first-order valence-electron chi connectivity index (χ1n) is 9.06. The Morgan fingerprint density at radius 2 is 1.71 bits per heavy atom. The van der Waals surface area contributed by atoms with Crippen LogP contribution in [0.5, 0.6) is 0 Å². The van der Waals surface area contributed by atoms with Gasteiger partial charge in [0.05, 0.1) is 11.4 Å². The van der Waals surface area contributed by atoms with Crippen molar-refractivity contribution < 1.29 is 9.21 Å². The predicted molar refractivity (Wildman–Crippen MR) is 112 cm³/mol. The quantitative estimate of drug-likeness (QED) is 0.433. The fourth-order valence-electron chi connectivity index (χ4n) is 3.09. The third kappa shape index (κ3) is 3.77. The normalized spacial score (nSPS) is 10.9.